The lowest BCUT2D eigenvalue weighted by Gasteiger charge is -2.19. The van der Waals surface area contributed by atoms with E-state index in [9.17, 15) is 9.59 Å². The van der Waals surface area contributed by atoms with Crippen LogP contribution in [-0.2, 0) is 16.0 Å². The van der Waals surface area contributed by atoms with Gasteiger partial charge in [0.1, 0.15) is 11.4 Å². The molecule has 0 unspecified atom stereocenters. The number of amides is 2. The fourth-order valence-corrected chi connectivity index (χ4v) is 2.08. The van der Waals surface area contributed by atoms with Crippen molar-refractivity contribution in [1.29, 1.82) is 0 Å². The molecular formula is C16H22N2O4. The van der Waals surface area contributed by atoms with Crippen LogP contribution in [0.25, 0.3) is 0 Å². The highest BCUT2D eigenvalue weighted by atomic mass is 16.6. The maximum Gasteiger partial charge on any atom is 0.407 e. The number of fused-ring (bicyclic) bond motifs is 1. The van der Waals surface area contributed by atoms with Crippen molar-refractivity contribution in [3.8, 4) is 5.75 Å². The van der Waals surface area contributed by atoms with Crippen LogP contribution in [0.5, 0.6) is 5.75 Å². The molecule has 0 radical (unpaired) electrons. The molecule has 1 aromatic carbocycles. The third-order valence-corrected chi connectivity index (χ3v) is 2.99. The van der Waals surface area contributed by atoms with Crippen molar-refractivity contribution in [2.75, 3.05) is 18.5 Å². The average Bonchev–Trinajstić information content (AvgIpc) is 2.83. The van der Waals surface area contributed by atoms with Crippen molar-refractivity contribution in [1.82, 2.24) is 5.32 Å². The van der Waals surface area contributed by atoms with Gasteiger partial charge in [-0.25, -0.2) is 4.79 Å². The van der Waals surface area contributed by atoms with E-state index < -0.39 is 11.7 Å². The normalized spacial score (nSPS) is 13.0. The quantitative estimate of drug-likeness (QED) is 0.896. The lowest BCUT2D eigenvalue weighted by Crippen LogP contribution is -2.34. The third kappa shape index (κ3) is 4.95. The summed E-state index contributed by atoms with van der Waals surface area (Å²) in [7, 11) is 0. The molecule has 1 heterocycles. The summed E-state index contributed by atoms with van der Waals surface area (Å²) in [6.07, 6.45) is 0.529. The molecule has 6 nitrogen and oxygen atoms in total. The molecule has 0 saturated carbocycles. The van der Waals surface area contributed by atoms with Crippen LogP contribution in [0.15, 0.2) is 18.2 Å². The van der Waals surface area contributed by atoms with Crippen LogP contribution in [0.4, 0.5) is 10.5 Å². The van der Waals surface area contributed by atoms with E-state index in [2.05, 4.69) is 10.6 Å². The Morgan fingerprint density at radius 1 is 1.32 bits per heavy atom. The summed E-state index contributed by atoms with van der Waals surface area (Å²) in [5, 5.41) is 5.36. The van der Waals surface area contributed by atoms with E-state index in [0.29, 0.717) is 6.61 Å². The van der Waals surface area contributed by atoms with Crippen molar-refractivity contribution >= 4 is 17.7 Å². The molecule has 0 atom stereocenters. The fraction of sp³-hybridized carbons (Fsp3) is 0.500. The zero-order chi connectivity index (χ0) is 16.2. The Labute approximate surface area is 130 Å². The molecular weight excluding hydrogens is 284 g/mol. The summed E-state index contributed by atoms with van der Waals surface area (Å²) in [4.78, 5) is 23.3. The monoisotopic (exact) mass is 306 g/mol. The third-order valence-electron chi connectivity index (χ3n) is 2.99. The van der Waals surface area contributed by atoms with Gasteiger partial charge in [-0.05, 0) is 44.5 Å². The molecule has 6 heteroatoms. The number of rotatable bonds is 4. The zero-order valence-corrected chi connectivity index (χ0v) is 13.2. The first-order valence-electron chi connectivity index (χ1n) is 7.36. The summed E-state index contributed by atoms with van der Waals surface area (Å²) in [5.74, 6) is 0.722. The summed E-state index contributed by atoms with van der Waals surface area (Å²) in [6.45, 7) is 6.28. The maximum absolute atomic E-state index is 11.8. The van der Waals surface area contributed by atoms with Gasteiger partial charge < -0.3 is 20.1 Å². The first-order valence-corrected chi connectivity index (χ1v) is 7.36. The molecule has 0 fully saturated rings. The number of alkyl carbamates (subject to hydrolysis) is 1. The van der Waals surface area contributed by atoms with Gasteiger partial charge in [0.2, 0.25) is 5.91 Å². The smallest absolute Gasteiger partial charge is 0.407 e. The molecule has 22 heavy (non-hydrogen) atoms. The number of carbonyl (C=O) groups excluding carboxylic acids is 2. The van der Waals surface area contributed by atoms with Gasteiger partial charge in [0.05, 0.1) is 6.61 Å². The number of carbonyl (C=O) groups is 2. The first kappa shape index (κ1) is 16.1. The van der Waals surface area contributed by atoms with Crippen LogP contribution in [-0.4, -0.2) is 30.8 Å². The van der Waals surface area contributed by atoms with Crippen LogP contribution in [0, 0.1) is 0 Å². The van der Waals surface area contributed by atoms with Gasteiger partial charge in [0.25, 0.3) is 0 Å². The molecule has 2 rings (SSSR count). The van der Waals surface area contributed by atoms with Crippen LogP contribution < -0.4 is 15.4 Å². The summed E-state index contributed by atoms with van der Waals surface area (Å²) < 4.78 is 10.5. The van der Waals surface area contributed by atoms with Gasteiger partial charge in [-0.1, -0.05) is 0 Å². The zero-order valence-electron chi connectivity index (χ0n) is 13.2. The predicted molar refractivity (Wildman–Crippen MR) is 83.1 cm³/mol. The van der Waals surface area contributed by atoms with E-state index in [4.69, 9.17) is 9.47 Å². The molecule has 0 spiro atoms. The Kier molecular flexibility index (Phi) is 4.90. The second kappa shape index (κ2) is 6.68. The number of hydrogen-bond donors (Lipinski definition) is 2. The minimum absolute atomic E-state index is 0.157. The molecule has 1 aliphatic heterocycles. The SMILES string of the molecule is CC(C)(C)OC(=O)NCCC(=O)Nc1ccc2c(c1)CCO2. The Balaban J connectivity index is 1.73. The summed E-state index contributed by atoms with van der Waals surface area (Å²) in [6, 6.07) is 5.59. The highest BCUT2D eigenvalue weighted by molar-refractivity contribution is 5.91. The van der Waals surface area contributed by atoms with Crippen LogP contribution in [0.2, 0.25) is 0 Å². The van der Waals surface area contributed by atoms with Gasteiger partial charge in [0, 0.05) is 25.1 Å². The molecule has 0 bridgehead atoms. The van der Waals surface area contributed by atoms with Crippen molar-refractivity contribution < 1.29 is 19.1 Å². The highest BCUT2D eigenvalue weighted by Gasteiger charge is 2.16. The Morgan fingerprint density at radius 2 is 2.09 bits per heavy atom. The van der Waals surface area contributed by atoms with E-state index in [1.54, 1.807) is 20.8 Å². The largest absolute Gasteiger partial charge is 0.493 e. The van der Waals surface area contributed by atoms with Gasteiger partial charge in [-0.15, -0.1) is 0 Å². The first-order chi connectivity index (χ1) is 10.3. The predicted octanol–water partition coefficient (Wildman–Crippen LogP) is 2.47. The number of benzene rings is 1. The number of hydrogen-bond acceptors (Lipinski definition) is 4. The minimum atomic E-state index is -0.543. The topological polar surface area (TPSA) is 76.7 Å². The van der Waals surface area contributed by atoms with Gasteiger partial charge in [-0.3, -0.25) is 4.79 Å². The maximum atomic E-state index is 11.8. The van der Waals surface area contributed by atoms with Crippen LogP contribution >= 0.6 is 0 Å². The Hall–Kier alpha value is -2.24. The van der Waals surface area contributed by atoms with E-state index in [1.807, 2.05) is 18.2 Å². The van der Waals surface area contributed by atoms with E-state index in [0.717, 1.165) is 23.4 Å². The van der Waals surface area contributed by atoms with Crippen molar-refractivity contribution in [3.05, 3.63) is 23.8 Å². The molecule has 120 valence electrons. The standard InChI is InChI=1S/C16H22N2O4/c1-16(2,3)22-15(20)17-8-6-14(19)18-12-4-5-13-11(10-12)7-9-21-13/h4-5,10H,6-9H2,1-3H3,(H,17,20)(H,18,19). The second-order valence-corrected chi connectivity index (χ2v) is 6.15. The summed E-state index contributed by atoms with van der Waals surface area (Å²) in [5.41, 5.74) is 1.30. The fourth-order valence-electron chi connectivity index (χ4n) is 2.08. The minimum Gasteiger partial charge on any atom is -0.493 e. The average molecular weight is 306 g/mol. The molecule has 1 aromatic rings. The number of nitrogens with one attached hydrogen (secondary N) is 2. The number of ether oxygens (including phenoxy) is 2. The van der Waals surface area contributed by atoms with Crippen molar-refractivity contribution in [2.24, 2.45) is 0 Å². The van der Waals surface area contributed by atoms with E-state index in [-0.39, 0.29) is 18.9 Å². The van der Waals surface area contributed by atoms with E-state index in [1.165, 1.54) is 0 Å². The Bertz CT molecular complexity index is 564. The van der Waals surface area contributed by atoms with Crippen molar-refractivity contribution in [2.45, 2.75) is 39.2 Å². The summed E-state index contributed by atoms with van der Waals surface area (Å²) >= 11 is 0. The molecule has 0 saturated heterocycles. The number of anilines is 1. The Morgan fingerprint density at radius 3 is 2.82 bits per heavy atom. The highest BCUT2D eigenvalue weighted by Crippen LogP contribution is 2.27. The molecule has 0 aliphatic carbocycles. The molecule has 2 N–H and O–H groups in total. The second-order valence-electron chi connectivity index (χ2n) is 6.15. The van der Waals surface area contributed by atoms with Gasteiger partial charge in [0.15, 0.2) is 0 Å². The van der Waals surface area contributed by atoms with Crippen LogP contribution in [0.1, 0.15) is 32.8 Å². The van der Waals surface area contributed by atoms with Crippen molar-refractivity contribution in [3.63, 3.8) is 0 Å². The molecule has 1 aliphatic rings. The molecule has 0 aromatic heterocycles. The van der Waals surface area contributed by atoms with E-state index >= 15 is 0 Å². The van der Waals surface area contributed by atoms with Gasteiger partial charge >= 0.3 is 6.09 Å². The lowest BCUT2D eigenvalue weighted by atomic mass is 10.1. The molecule has 2 amide bonds. The van der Waals surface area contributed by atoms with Crippen LogP contribution in [0.3, 0.4) is 0 Å². The van der Waals surface area contributed by atoms with Gasteiger partial charge in [-0.2, -0.15) is 0 Å². The lowest BCUT2D eigenvalue weighted by molar-refractivity contribution is -0.116.